The third-order valence-corrected chi connectivity index (χ3v) is 13.2. The summed E-state index contributed by atoms with van der Waals surface area (Å²) in [6.45, 7) is 7.34. The van der Waals surface area contributed by atoms with Crippen LogP contribution in [0.2, 0.25) is 19.6 Å². The number of hydrogen-bond acceptors (Lipinski definition) is 3. The topological polar surface area (TPSA) is 38.7 Å². The molecule has 0 aliphatic heterocycles. The van der Waals surface area contributed by atoms with Gasteiger partial charge in [-0.25, -0.2) is 15.0 Å². The van der Waals surface area contributed by atoms with E-state index in [1.54, 1.807) is 0 Å². The van der Waals surface area contributed by atoms with Gasteiger partial charge in [0.05, 0.1) is 13.5 Å². The first kappa shape index (κ1) is 31.5. The maximum absolute atomic E-state index is 4.97. The summed E-state index contributed by atoms with van der Waals surface area (Å²) in [6.07, 6.45) is 0. The SMILES string of the molecule is C[Si](C)(C)c1ccc2c(c1)C1(c3ccccc3-c3ccccc31)c1cc(-c3ccc(-c4nc(-c5ccccc5)nc(-c5ccccc5)n4)cc3)ccc1-2. The molecular formula is C49H37N3Si. The first-order valence-corrected chi connectivity index (χ1v) is 21.9. The van der Waals surface area contributed by atoms with Crippen molar-refractivity contribution in [3.8, 4) is 67.5 Å². The molecule has 0 N–H and O–H groups in total. The van der Waals surface area contributed by atoms with Crippen LogP contribution in [-0.2, 0) is 5.41 Å². The normalized spacial score (nSPS) is 13.3. The second kappa shape index (κ2) is 11.9. The zero-order valence-corrected chi connectivity index (χ0v) is 31.0. The molecular weight excluding hydrogens is 659 g/mol. The fraction of sp³-hybridized carbons (Fsp3) is 0.0816. The highest BCUT2D eigenvalue weighted by Gasteiger charge is 2.51. The number of hydrogen-bond donors (Lipinski definition) is 0. The van der Waals surface area contributed by atoms with Crippen LogP contribution < -0.4 is 5.19 Å². The lowest BCUT2D eigenvalue weighted by Gasteiger charge is -2.31. The smallest absolute Gasteiger partial charge is 0.164 e. The third kappa shape index (κ3) is 4.90. The molecule has 0 saturated carbocycles. The fourth-order valence-corrected chi connectivity index (χ4v) is 9.70. The summed E-state index contributed by atoms with van der Waals surface area (Å²) in [4.78, 5) is 14.8. The van der Waals surface area contributed by atoms with Crippen LogP contribution in [0, 0.1) is 0 Å². The van der Waals surface area contributed by atoms with Gasteiger partial charge in [0.1, 0.15) is 0 Å². The van der Waals surface area contributed by atoms with Gasteiger partial charge in [-0.15, -0.1) is 0 Å². The van der Waals surface area contributed by atoms with Crippen LogP contribution in [0.15, 0.2) is 170 Å². The number of fused-ring (bicyclic) bond motifs is 10. The van der Waals surface area contributed by atoms with Gasteiger partial charge in [0.25, 0.3) is 0 Å². The molecule has 1 heterocycles. The van der Waals surface area contributed by atoms with Crippen LogP contribution in [0.4, 0.5) is 0 Å². The molecule has 2 aliphatic rings. The van der Waals surface area contributed by atoms with Gasteiger partial charge in [0, 0.05) is 16.7 Å². The lowest BCUT2D eigenvalue weighted by Crippen LogP contribution is -2.38. The van der Waals surface area contributed by atoms with E-state index in [9.17, 15) is 0 Å². The summed E-state index contributed by atoms with van der Waals surface area (Å²) in [6, 6.07) is 61.5. The monoisotopic (exact) mass is 695 g/mol. The minimum Gasteiger partial charge on any atom is -0.208 e. The van der Waals surface area contributed by atoms with Crippen molar-refractivity contribution in [3.63, 3.8) is 0 Å². The molecule has 0 atom stereocenters. The van der Waals surface area contributed by atoms with Crippen LogP contribution >= 0.6 is 0 Å². The lowest BCUT2D eigenvalue weighted by atomic mass is 9.70. The van der Waals surface area contributed by atoms with Crippen LogP contribution in [0.5, 0.6) is 0 Å². The molecule has 7 aromatic carbocycles. The summed E-state index contributed by atoms with van der Waals surface area (Å²) in [5, 5.41) is 1.49. The van der Waals surface area contributed by atoms with E-state index in [1.807, 2.05) is 60.7 Å². The second-order valence-corrected chi connectivity index (χ2v) is 20.3. The zero-order valence-electron chi connectivity index (χ0n) is 30.0. The minimum absolute atomic E-state index is 0.379. The minimum atomic E-state index is -1.59. The van der Waals surface area contributed by atoms with Crippen molar-refractivity contribution in [2.75, 3.05) is 0 Å². The van der Waals surface area contributed by atoms with Crippen molar-refractivity contribution in [2.45, 2.75) is 25.1 Å². The van der Waals surface area contributed by atoms with Crippen LogP contribution in [0.1, 0.15) is 22.3 Å². The summed E-state index contributed by atoms with van der Waals surface area (Å²) in [5.41, 5.74) is 15.7. The molecule has 0 bridgehead atoms. The molecule has 10 rings (SSSR count). The Morgan fingerprint density at radius 2 is 0.736 bits per heavy atom. The summed E-state index contributed by atoms with van der Waals surface area (Å²) >= 11 is 0. The Kier molecular flexibility index (Phi) is 7.08. The first-order valence-electron chi connectivity index (χ1n) is 18.4. The Labute approximate surface area is 311 Å². The third-order valence-electron chi connectivity index (χ3n) is 11.1. The highest BCUT2D eigenvalue weighted by Crippen LogP contribution is 2.63. The average molecular weight is 696 g/mol. The van der Waals surface area contributed by atoms with Crippen molar-refractivity contribution < 1.29 is 0 Å². The van der Waals surface area contributed by atoms with Gasteiger partial charge in [0.2, 0.25) is 0 Å². The Morgan fingerprint density at radius 3 is 1.26 bits per heavy atom. The van der Waals surface area contributed by atoms with E-state index >= 15 is 0 Å². The predicted molar refractivity (Wildman–Crippen MR) is 221 cm³/mol. The zero-order chi connectivity index (χ0) is 35.7. The van der Waals surface area contributed by atoms with Gasteiger partial charge in [-0.1, -0.05) is 189 Å². The lowest BCUT2D eigenvalue weighted by molar-refractivity contribution is 0.795. The molecule has 252 valence electrons. The maximum Gasteiger partial charge on any atom is 0.164 e. The molecule has 0 radical (unpaired) electrons. The summed E-state index contributed by atoms with van der Waals surface area (Å²) < 4.78 is 0. The molecule has 2 aliphatic carbocycles. The van der Waals surface area contributed by atoms with Crippen LogP contribution in [0.25, 0.3) is 67.5 Å². The predicted octanol–water partition coefficient (Wildman–Crippen LogP) is 11.4. The molecule has 3 nitrogen and oxygen atoms in total. The molecule has 0 fully saturated rings. The maximum atomic E-state index is 4.97. The first-order chi connectivity index (χ1) is 25.9. The van der Waals surface area contributed by atoms with Gasteiger partial charge in [-0.3, -0.25) is 0 Å². The van der Waals surface area contributed by atoms with Gasteiger partial charge < -0.3 is 0 Å². The van der Waals surface area contributed by atoms with Crippen LogP contribution in [0.3, 0.4) is 0 Å². The van der Waals surface area contributed by atoms with Crippen LogP contribution in [-0.4, -0.2) is 23.0 Å². The quantitative estimate of drug-likeness (QED) is 0.168. The van der Waals surface area contributed by atoms with Crippen molar-refractivity contribution in [2.24, 2.45) is 0 Å². The Morgan fingerprint density at radius 1 is 0.340 bits per heavy atom. The van der Waals surface area contributed by atoms with Crippen molar-refractivity contribution in [1.29, 1.82) is 0 Å². The largest absolute Gasteiger partial charge is 0.208 e. The number of aromatic nitrogens is 3. The Hall–Kier alpha value is -6.23. The highest BCUT2D eigenvalue weighted by atomic mass is 28.3. The molecule has 53 heavy (non-hydrogen) atoms. The van der Waals surface area contributed by atoms with E-state index < -0.39 is 8.07 Å². The van der Waals surface area contributed by atoms with E-state index in [4.69, 9.17) is 15.0 Å². The average Bonchev–Trinajstić information content (AvgIpc) is 3.68. The van der Waals surface area contributed by atoms with Crippen molar-refractivity contribution in [3.05, 3.63) is 192 Å². The molecule has 0 saturated heterocycles. The van der Waals surface area contributed by atoms with E-state index in [0.29, 0.717) is 17.5 Å². The van der Waals surface area contributed by atoms with E-state index in [-0.39, 0.29) is 5.41 Å². The fourth-order valence-electron chi connectivity index (χ4n) is 8.53. The number of nitrogens with zero attached hydrogens (tertiary/aromatic N) is 3. The highest BCUT2D eigenvalue weighted by molar-refractivity contribution is 6.88. The molecule has 1 aromatic heterocycles. The summed E-state index contributed by atoms with van der Waals surface area (Å²) in [7, 11) is -1.59. The Bertz CT molecular complexity index is 2590. The Balaban J connectivity index is 1.12. The van der Waals surface area contributed by atoms with E-state index in [2.05, 4.69) is 129 Å². The standard InChI is InChI=1S/C49H37N3Si/c1-53(2,3)37-27-29-41-40-28-26-36(30-44(40)49(45(41)31-37)42-20-12-10-18-38(42)39-19-11-13-21-43(39)49)32-22-24-35(25-23-32)48-51-46(33-14-6-4-7-15-33)50-47(52-48)34-16-8-5-9-17-34/h4-31H,1-3H3. The van der Waals surface area contributed by atoms with E-state index in [1.165, 1.54) is 55.3 Å². The second-order valence-electron chi connectivity index (χ2n) is 15.2. The number of rotatable bonds is 5. The molecule has 8 aromatic rings. The van der Waals surface area contributed by atoms with Gasteiger partial charge in [0.15, 0.2) is 17.5 Å². The van der Waals surface area contributed by atoms with Gasteiger partial charge in [-0.2, -0.15) is 0 Å². The van der Waals surface area contributed by atoms with Gasteiger partial charge >= 0.3 is 0 Å². The van der Waals surface area contributed by atoms with Crippen molar-refractivity contribution >= 4 is 13.3 Å². The van der Waals surface area contributed by atoms with Crippen molar-refractivity contribution in [1.82, 2.24) is 15.0 Å². The molecule has 4 heteroatoms. The van der Waals surface area contributed by atoms with Gasteiger partial charge in [-0.05, 0) is 61.7 Å². The number of benzene rings is 7. The summed E-state index contributed by atoms with van der Waals surface area (Å²) in [5.74, 6) is 1.98. The van der Waals surface area contributed by atoms with E-state index in [0.717, 1.165) is 22.3 Å². The molecule has 0 unspecified atom stereocenters. The molecule has 1 spiro atoms. The molecule has 0 amide bonds.